The topological polar surface area (TPSA) is 122 Å². The number of carbonyl (C=O) groups excluding carboxylic acids is 1. The Bertz CT molecular complexity index is 1360. The lowest BCUT2D eigenvalue weighted by Crippen LogP contribution is -2.32. The van der Waals surface area contributed by atoms with Crippen LogP contribution in [0.3, 0.4) is 0 Å². The van der Waals surface area contributed by atoms with Gasteiger partial charge in [-0.1, -0.05) is 42.5 Å². The number of sulfonamides is 1. The first-order valence-electron chi connectivity index (χ1n) is 10.3. The van der Waals surface area contributed by atoms with Crippen molar-refractivity contribution in [1.29, 1.82) is 0 Å². The molecule has 11 heteroatoms. The molecule has 0 heterocycles. The molecule has 0 aliphatic carbocycles. The van der Waals surface area contributed by atoms with Crippen LogP contribution in [0.15, 0.2) is 89.8 Å². The van der Waals surface area contributed by atoms with Crippen molar-refractivity contribution in [1.82, 2.24) is 9.62 Å². The third kappa shape index (κ3) is 7.27. The molecular formula is C24H22N4O5S2. The molecule has 9 nitrogen and oxygen atoms in total. The predicted octanol–water partition coefficient (Wildman–Crippen LogP) is 3.94. The van der Waals surface area contributed by atoms with Gasteiger partial charge in [0.25, 0.3) is 5.69 Å². The minimum Gasteiger partial charge on any atom is -0.332 e. The quantitative estimate of drug-likeness (QED) is 0.204. The van der Waals surface area contributed by atoms with Crippen LogP contribution in [0.1, 0.15) is 11.1 Å². The van der Waals surface area contributed by atoms with Crippen LogP contribution in [0.25, 0.3) is 6.08 Å². The van der Waals surface area contributed by atoms with E-state index >= 15 is 0 Å². The van der Waals surface area contributed by atoms with Crippen molar-refractivity contribution in [3.05, 3.63) is 106 Å². The SMILES string of the molecule is CN(Cc1ccccc1)S(=O)(=O)c1ccc(NC(=S)NC(=O)/C=C/c2cccc([N+](=O)[O-])c2)cc1. The van der Waals surface area contributed by atoms with Gasteiger partial charge >= 0.3 is 0 Å². The fraction of sp³-hybridized carbons (Fsp3) is 0.0833. The monoisotopic (exact) mass is 510 g/mol. The second-order valence-electron chi connectivity index (χ2n) is 7.40. The molecule has 180 valence electrons. The van der Waals surface area contributed by atoms with E-state index in [1.165, 1.54) is 53.8 Å². The number of thiocarbonyl (C=S) groups is 1. The smallest absolute Gasteiger partial charge is 0.270 e. The van der Waals surface area contributed by atoms with Gasteiger partial charge in [-0.3, -0.25) is 20.2 Å². The highest BCUT2D eigenvalue weighted by Gasteiger charge is 2.20. The number of nitro benzene ring substituents is 1. The van der Waals surface area contributed by atoms with E-state index < -0.39 is 20.9 Å². The summed E-state index contributed by atoms with van der Waals surface area (Å²) >= 11 is 5.13. The number of anilines is 1. The molecule has 0 bridgehead atoms. The molecule has 35 heavy (non-hydrogen) atoms. The number of carbonyl (C=O) groups is 1. The van der Waals surface area contributed by atoms with Crippen LogP contribution in [0.4, 0.5) is 11.4 Å². The van der Waals surface area contributed by atoms with E-state index in [4.69, 9.17) is 12.2 Å². The Morgan fingerprint density at radius 3 is 2.40 bits per heavy atom. The minimum atomic E-state index is -3.69. The summed E-state index contributed by atoms with van der Waals surface area (Å²) in [5, 5.41) is 16.1. The Kier molecular flexibility index (Phi) is 8.42. The molecule has 0 saturated carbocycles. The average Bonchev–Trinajstić information content (AvgIpc) is 2.83. The van der Waals surface area contributed by atoms with E-state index in [-0.39, 0.29) is 22.2 Å². The van der Waals surface area contributed by atoms with Gasteiger partial charge in [-0.25, -0.2) is 8.42 Å². The Morgan fingerprint density at radius 1 is 1.06 bits per heavy atom. The highest BCUT2D eigenvalue weighted by Crippen LogP contribution is 2.19. The van der Waals surface area contributed by atoms with Gasteiger partial charge in [-0.15, -0.1) is 0 Å². The number of benzene rings is 3. The third-order valence-electron chi connectivity index (χ3n) is 4.81. The number of hydrogen-bond donors (Lipinski definition) is 2. The molecule has 0 radical (unpaired) electrons. The number of nitrogens with one attached hydrogen (secondary N) is 2. The van der Waals surface area contributed by atoms with Crippen LogP contribution < -0.4 is 10.6 Å². The summed E-state index contributed by atoms with van der Waals surface area (Å²) in [5.74, 6) is -0.532. The number of hydrogen-bond acceptors (Lipinski definition) is 6. The Morgan fingerprint density at radius 2 is 1.74 bits per heavy atom. The van der Waals surface area contributed by atoms with Crippen molar-refractivity contribution >= 4 is 50.7 Å². The third-order valence-corrected chi connectivity index (χ3v) is 6.84. The summed E-state index contributed by atoms with van der Waals surface area (Å²) in [7, 11) is -2.18. The molecule has 0 aromatic heterocycles. The van der Waals surface area contributed by atoms with Gasteiger partial charge in [-0.05, 0) is 53.7 Å². The lowest BCUT2D eigenvalue weighted by atomic mass is 10.2. The van der Waals surface area contributed by atoms with E-state index in [1.54, 1.807) is 18.2 Å². The first-order valence-corrected chi connectivity index (χ1v) is 12.1. The zero-order valence-corrected chi connectivity index (χ0v) is 20.3. The number of rotatable bonds is 8. The van der Waals surface area contributed by atoms with E-state index in [1.807, 2.05) is 30.3 Å². The van der Waals surface area contributed by atoms with Crippen molar-refractivity contribution in [2.75, 3.05) is 12.4 Å². The zero-order chi connectivity index (χ0) is 25.4. The minimum absolute atomic E-state index is 0.00972. The molecule has 0 atom stereocenters. The molecule has 0 aliphatic heterocycles. The summed E-state index contributed by atoms with van der Waals surface area (Å²) in [6.45, 7) is 0.239. The second kappa shape index (κ2) is 11.5. The molecule has 3 aromatic carbocycles. The summed E-state index contributed by atoms with van der Waals surface area (Å²) in [5.41, 5.74) is 1.77. The van der Waals surface area contributed by atoms with Crippen LogP contribution in [-0.2, 0) is 21.4 Å². The van der Waals surface area contributed by atoms with Gasteiger partial charge in [0.1, 0.15) is 0 Å². The van der Waals surface area contributed by atoms with E-state index in [0.717, 1.165) is 5.56 Å². The van der Waals surface area contributed by atoms with Gasteiger partial charge in [0.05, 0.1) is 9.82 Å². The van der Waals surface area contributed by atoms with Gasteiger partial charge in [0.2, 0.25) is 15.9 Å². The zero-order valence-electron chi connectivity index (χ0n) is 18.6. The number of nitrogens with zero attached hydrogens (tertiary/aromatic N) is 2. The fourth-order valence-electron chi connectivity index (χ4n) is 3.05. The first kappa shape index (κ1) is 25.7. The van der Waals surface area contributed by atoms with Gasteiger partial charge < -0.3 is 5.32 Å². The normalized spacial score (nSPS) is 11.4. The molecule has 2 N–H and O–H groups in total. The number of non-ortho nitro benzene ring substituents is 1. The van der Waals surface area contributed by atoms with Crippen LogP contribution in [0.5, 0.6) is 0 Å². The summed E-state index contributed by atoms with van der Waals surface area (Å²) in [6.07, 6.45) is 2.63. The summed E-state index contributed by atoms with van der Waals surface area (Å²) in [6, 6.07) is 21.1. The molecule has 0 aliphatic rings. The average molecular weight is 511 g/mol. The van der Waals surface area contributed by atoms with Crippen LogP contribution >= 0.6 is 12.2 Å². The highest BCUT2D eigenvalue weighted by molar-refractivity contribution is 7.89. The van der Waals surface area contributed by atoms with Gasteiger partial charge in [0.15, 0.2) is 5.11 Å². The Hall–Kier alpha value is -3.93. The molecule has 3 rings (SSSR count). The second-order valence-corrected chi connectivity index (χ2v) is 9.85. The van der Waals surface area contributed by atoms with E-state index in [9.17, 15) is 23.3 Å². The lowest BCUT2D eigenvalue weighted by molar-refractivity contribution is -0.384. The largest absolute Gasteiger partial charge is 0.332 e. The van der Waals surface area contributed by atoms with Crippen LogP contribution in [0.2, 0.25) is 0 Å². The van der Waals surface area contributed by atoms with E-state index in [0.29, 0.717) is 11.3 Å². The maximum Gasteiger partial charge on any atom is 0.270 e. The van der Waals surface area contributed by atoms with E-state index in [2.05, 4.69) is 10.6 Å². The lowest BCUT2D eigenvalue weighted by Gasteiger charge is -2.17. The molecular weight excluding hydrogens is 488 g/mol. The number of amides is 1. The molecule has 0 unspecified atom stereocenters. The Labute approximate surface area is 208 Å². The fourth-order valence-corrected chi connectivity index (χ4v) is 4.42. The molecule has 0 saturated heterocycles. The van der Waals surface area contributed by atoms with Crippen LogP contribution in [0, 0.1) is 10.1 Å². The maximum atomic E-state index is 12.8. The van der Waals surface area contributed by atoms with Crippen molar-refractivity contribution in [3.63, 3.8) is 0 Å². The summed E-state index contributed by atoms with van der Waals surface area (Å²) < 4.78 is 26.9. The number of nitro groups is 1. The van der Waals surface area contributed by atoms with Crippen molar-refractivity contribution in [2.24, 2.45) is 0 Å². The van der Waals surface area contributed by atoms with Crippen molar-refractivity contribution in [3.8, 4) is 0 Å². The summed E-state index contributed by atoms with van der Waals surface area (Å²) in [4.78, 5) is 22.5. The molecule has 0 fully saturated rings. The Balaban J connectivity index is 1.57. The predicted molar refractivity (Wildman–Crippen MR) is 138 cm³/mol. The first-order chi connectivity index (χ1) is 16.6. The molecule has 1 amide bonds. The van der Waals surface area contributed by atoms with Gasteiger partial charge in [0, 0.05) is 37.5 Å². The van der Waals surface area contributed by atoms with Crippen molar-refractivity contribution < 1.29 is 18.1 Å². The highest BCUT2D eigenvalue weighted by atomic mass is 32.2. The van der Waals surface area contributed by atoms with Gasteiger partial charge in [-0.2, -0.15) is 4.31 Å². The van der Waals surface area contributed by atoms with Crippen molar-refractivity contribution in [2.45, 2.75) is 11.4 Å². The molecule has 3 aromatic rings. The van der Waals surface area contributed by atoms with Crippen LogP contribution in [-0.4, -0.2) is 35.7 Å². The maximum absolute atomic E-state index is 12.8. The standard InChI is InChI=1S/C24H22N4O5S2/c1-27(17-19-6-3-2-4-7-19)35(32,33)22-13-11-20(12-14-22)25-24(34)26-23(29)15-10-18-8-5-9-21(16-18)28(30)31/h2-16H,17H2,1H3,(H2,25,26,29,34)/b15-10+. The molecule has 0 spiro atoms.